The Morgan fingerprint density at radius 3 is 2.60 bits per heavy atom. The molecule has 2 atom stereocenters. The largest absolute Gasteiger partial charge is 0.486 e. The molecule has 140 valence electrons. The summed E-state index contributed by atoms with van der Waals surface area (Å²) in [4.78, 5) is 2.86. The van der Waals surface area contributed by atoms with Crippen LogP contribution in [0, 0.1) is 0 Å². The minimum atomic E-state index is -0.466. The Bertz CT molecular complexity index is 522. The van der Waals surface area contributed by atoms with Crippen molar-refractivity contribution in [3.8, 4) is 11.5 Å². The number of para-hydroxylation sites is 2. The summed E-state index contributed by atoms with van der Waals surface area (Å²) in [6.45, 7) is 7.14. The number of aliphatic hydroxyl groups is 2. The number of hydrogen-bond acceptors (Lipinski definition) is 5. The number of piperazine rings is 1. The third kappa shape index (κ3) is 5.55. The Hall–Kier alpha value is -1.38. The molecule has 2 aliphatic rings. The van der Waals surface area contributed by atoms with Crippen molar-refractivity contribution in [2.45, 2.75) is 12.2 Å². The highest BCUT2D eigenvalue weighted by Crippen LogP contribution is 2.30. The zero-order valence-electron chi connectivity index (χ0n) is 14.7. The van der Waals surface area contributed by atoms with Crippen LogP contribution < -0.4 is 19.3 Å². The van der Waals surface area contributed by atoms with Gasteiger partial charge in [-0.1, -0.05) is 12.1 Å². The zero-order valence-corrected chi connectivity index (χ0v) is 14.7. The minimum absolute atomic E-state index is 0.139. The molecule has 0 amide bonds. The second kappa shape index (κ2) is 9.35. The molecule has 7 heteroatoms. The van der Waals surface area contributed by atoms with Crippen LogP contribution in [0.4, 0.5) is 0 Å². The molecule has 0 spiro atoms. The van der Waals surface area contributed by atoms with E-state index in [9.17, 15) is 5.11 Å². The molecule has 0 aromatic heterocycles. The summed E-state index contributed by atoms with van der Waals surface area (Å²) >= 11 is 0. The molecule has 3 rings (SSSR count). The van der Waals surface area contributed by atoms with Crippen LogP contribution in [0.3, 0.4) is 0 Å². The van der Waals surface area contributed by atoms with Crippen molar-refractivity contribution in [2.24, 2.45) is 0 Å². The summed E-state index contributed by atoms with van der Waals surface area (Å²) < 4.78 is 17.1. The van der Waals surface area contributed by atoms with Crippen molar-refractivity contribution in [2.75, 3.05) is 65.7 Å². The molecule has 2 heterocycles. The second-order valence-electron chi connectivity index (χ2n) is 6.87. The molecular formula is C18H30N2O5+2. The number of ether oxygens (including phenoxy) is 3. The van der Waals surface area contributed by atoms with Crippen LogP contribution >= 0.6 is 0 Å². The van der Waals surface area contributed by atoms with Gasteiger partial charge in [-0.3, -0.25) is 0 Å². The number of aliphatic hydroxyl groups excluding tert-OH is 2. The van der Waals surface area contributed by atoms with E-state index >= 15 is 0 Å². The van der Waals surface area contributed by atoms with Crippen molar-refractivity contribution in [3.63, 3.8) is 0 Å². The first-order valence-electron chi connectivity index (χ1n) is 9.17. The van der Waals surface area contributed by atoms with Gasteiger partial charge >= 0.3 is 0 Å². The van der Waals surface area contributed by atoms with Crippen LogP contribution in [-0.4, -0.2) is 88.1 Å². The van der Waals surface area contributed by atoms with E-state index in [-0.39, 0.29) is 12.7 Å². The number of benzene rings is 1. The van der Waals surface area contributed by atoms with Crippen molar-refractivity contribution in [1.29, 1.82) is 0 Å². The normalized spacial score (nSPS) is 27.0. The SMILES string of the molecule is OCC[NH+]1CC[NH+](C[C@H](O)COC[C@H]2COc3ccccc3O2)CC1. The van der Waals surface area contributed by atoms with Gasteiger partial charge in [-0.2, -0.15) is 0 Å². The van der Waals surface area contributed by atoms with Gasteiger partial charge in [0.15, 0.2) is 17.6 Å². The molecule has 1 aromatic carbocycles. The van der Waals surface area contributed by atoms with Crippen LogP contribution in [-0.2, 0) is 4.74 Å². The van der Waals surface area contributed by atoms with Crippen molar-refractivity contribution in [1.82, 2.24) is 0 Å². The highest BCUT2D eigenvalue weighted by molar-refractivity contribution is 5.40. The lowest BCUT2D eigenvalue weighted by Gasteiger charge is -2.30. The Morgan fingerprint density at radius 1 is 1.12 bits per heavy atom. The lowest BCUT2D eigenvalue weighted by Crippen LogP contribution is -3.28. The number of fused-ring (bicyclic) bond motifs is 1. The van der Waals surface area contributed by atoms with Gasteiger partial charge in [0.25, 0.3) is 0 Å². The highest BCUT2D eigenvalue weighted by Gasteiger charge is 2.25. The van der Waals surface area contributed by atoms with Crippen LogP contribution in [0.2, 0.25) is 0 Å². The molecule has 1 aromatic rings. The maximum atomic E-state index is 10.2. The molecule has 0 aliphatic carbocycles. The summed E-state index contributed by atoms with van der Waals surface area (Å²) in [5.41, 5.74) is 0. The monoisotopic (exact) mass is 354 g/mol. The first kappa shape index (κ1) is 18.4. The Kier molecular flexibility index (Phi) is 6.89. The maximum Gasteiger partial charge on any atom is 0.161 e. The lowest BCUT2D eigenvalue weighted by atomic mass is 10.2. The number of quaternary nitrogens is 2. The van der Waals surface area contributed by atoms with Gasteiger partial charge in [0.05, 0.1) is 19.8 Å². The van der Waals surface area contributed by atoms with E-state index in [1.165, 1.54) is 9.80 Å². The number of rotatable bonds is 8. The van der Waals surface area contributed by atoms with Gasteiger partial charge in [0.1, 0.15) is 52.0 Å². The first-order valence-corrected chi connectivity index (χ1v) is 9.17. The molecule has 7 nitrogen and oxygen atoms in total. The summed E-state index contributed by atoms with van der Waals surface area (Å²) in [5.74, 6) is 1.51. The van der Waals surface area contributed by atoms with Gasteiger partial charge < -0.3 is 34.2 Å². The molecule has 1 fully saturated rings. The van der Waals surface area contributed by atoms with Crippen molar-refractivity contribution >= 4 is 0 Å². The zero-order chi connectivity index (χ0) is 17.5. The summed E-state index contributed by atoms with van der Waals surface area (Å²) in [6.07, 6.45) is -0.605. The fourth-order valence-electron chi connectivity index (χ4n) is 3.44. The molecule has 25 heavy (non-hydrogen) atoms. The predicted octanol–water partition coefficient (Wildman–Crippen LogP) is -3.02. The smallest absolute Gasteiger partial charge is 0.161 e. The predicted molar refractivity (Wildman–Crippen MR) is 91.4 cm³/mol. The summed E-state index contributed by atoms with van der Waals surface area (Å²) in [6, 6.07) is 7.61. The van der Waals surface area contributed by atoms with Gasteiger partial charge in [-0.15, -0.1) is 0 Å². The van der Waals surface area contributed by atoms with E-state index in [0.29, 0.717) is 26.4 Å². The average molecular weight is 354 g/mol. The van der Waals surface area contributed by atoms with Gasteiger partial charge in [-0.05, 0) is 12.1 Å². The van der Waals surface area contributed by atoms with Crippen LogP contribution in [0.15, 0.2) is 24.3 Å². The van der Waals surface area contributed by atoms with Crippen molar-refractivity contribution in [3.05, 3.63) is 24.3 Å². The number of hydrogen-bond donors (Lipinski definition) is 4. The summed E-state index contributed by atoms with van der Waals surface area (Å²) in [7, 11) is 0. The van der Waals surface area contributed by atoms with Gasteiger partial charge in [0.2, 0.25) is 0 Å². The minimum Gasteiger partial charge on any atom is -0.486 e. The molecule has 0 bridgehead atoms. The van der Waals surface area contributed by atoms with E-state index < -0.39 is 6.10 Å². The molecule has 0 radical (unpaired) electrons. The molecule has 4 N–H and O–H groups in total. The van der Waals surface area contributed by atoms with Crippen LogP contribution in [0.5, 0.6) is 11.5 Å². The van der Waals surface area contributed by atoms with Crippen LogP contribution in [0.1, 0.15) is 0 Å². The standard InChI is InChI=1S/C18H28N2O5/c21-10-9-19-5-7-20(8-6-19)11-15(22)12-23-13-16-14-24-17-3-1-2-4-18(17)25-16/h1-4,15-16,21-22H,5-14H2/p+2/t15-,16-/m0/s1. The second-order valence-corrected chi connectivity index (χ2v) is 6.87. The average Bonchev–Trinajstić information content (AvgIpc) is 2.63. The molecular weight excluding hydrogens is 324 g/mol. The van der Waals surface area contributed by atoms with Crippen molar-refractivity contribution < 1.29 is 34.2 Å². The summed E-state index contributed by atoms with van der Waals surface area (Å²) in [5, 5.41) is 19.2. The quantitative estimate of drug-likeness (QED) is 0.400. The highest BCUT2D eigenvalue weighted by atomic mass is 16.6. The van der Waals surface area contributed by atoms with E-state index in [0.717, 1.165) is 44.2 Å². The van der Waals surface area contributed by atoms with Gasteiger partial charge in [0, 0.05) is 0 Å². The van der Waals surface area contributed by atoms with Crippen LogP contribution in [0.25, 0.3) is 0 Å². The fourth-order valence-corrected chi connectivity index (χ4v) is 3.44. The maximum absolute atomic E-state index is 10.2. The Labute approximate surface area is 148 Å². The molecule has 2 aliphatic heterocycles. The van der Waals surface area contributed by atoms with E-state index in [4.69, 9.17) is 19.3 Å². The molecule has 0 saturated carbocycles. The van der Waals surface area contributed by atoms with E-state index in [2.05, 4.69) is 0 Å². The third-order valence-electron chi connectivity index (χ3n) is 4.84. The number of nitrogens with one attached hydrogen (secondary N) is 2. The Morgan fingerprint density at radius 2 is 1.84 bits per heavy atom. The van der Waals surface area contributed by atoms with Gasteiger partial charge in [-0.25, -0.2) is 0 Å². The molecule has 1 saturated heterocycles. The first-order chi connectivity index (χ1) is 12.2. The third-order valence-corrected chi connectivity index (χ3v) is 4.84. The fraction of sp³-hybridized carbons (Fsp3) is 0.667. The Balaban J connectivity index is 1.30. The van der Waals surface area contributed by atoms with E-state index in [1.54, 1.807) is 0 Å². The topological polar surface area (TPSA) is 77.0 Å². The lowest BCUT2D eigenvalue weighted by molar-refractivity contribution is -1.01. The molecule has 0 unspecified atom stereocenters. The van der Waals surface area contributed by atoms with E-state index in [1.807, 2.05) is 24.3 Å².